The highest BCUT2D eigenvalue weighted by Gasteiger charge is 1.94. The number of hydrogen-bond acceptors (Lipinski definition) is 2. The van der Waals surface area contributed by atoms with Crippen LogP contribution in [-0.4, -0.2) is 17.5 Å². The van der Waals surface area contributed by atoms with Gasteiger partial charge in [-0.3, -0.25) is 4.98 Å². The Kier molecular flexibility index (Phi) is 12.6. The van der Waals surface area contributed by atoms with Crippen LogP contribution in [0, 0.1) is 0 Å². The molecule has 0 spiro atoms. The van der Waals surface area contributed by atoms with Gasteiger partial charge in [0.1, 0.15) is 0 Å². The van der Waals surface area contributed by atoms with E-state index in [9.17, 15) is 0 Å². The van der Waals surface area contributed by atoms with Gasteiger partial charge in [-0.2, -0.15) is 0 Å². The molecule has 0 saturated heterocycles. The van der Waals surface area contributed by atoms with Crippen molar-refractivity contribution in [3.63, 3.8) is 0 Å². The molecule has 0 atom stereocenters. The molecule has 4 nitrogen and oxygen atoms in total. The zero-order valence-corrected chi connectivity index (χ0v) is 14.7. The van der Waals surface area contributed by atoms with Crippen LogP contribution in [0.5, 0.6) is 0 Å². The van der Waals surface area contributed by atoms with Gasteiger partial charge in [0.15, 0.2) is 5.96 Å². The molecule has 0 amide bonds. The third-order valence-electron chi connectivity index (χ3n) is 2.97. The number of halogens is 1. The van der Waals surface area contributed by atoms with E-state index in [1.54, 1.807) is 6.20 Å². The predicted molar refractivity (Wildman–Crippen MR) is 96.4 cm³/mol. The number of aliphatic imine (C=N–C) groups is 1. The topological polar surface area (TPSA) is 63.3 Å². The van der Waals surface area contributed by atoms with Gasteiger partial charge in [-0.05, 0) is 18.6 Å². The molecule has 1 aromatic rings. The first-order valence-corrected chi connectivity index (χ1v) is 7.26. The van der Waals surface area contributed by atoms with Crippen molar-refractivity contribution in [3.05, 3.63) is 30.1 Å². The molecule has 1 aromatic heterocycles. The lowest BCUT2D eigenvalue weighted by atomic mass is 10.1. The first kappa shape index (κ1) is 19.1. The molecule has 0 aliphatic heterocycles. The predicted octanol–water partition coefficient (Wildman–Crippen LogP) is 3.46. The molecule has 0 fully saturated rings. The quantitative estimate of drug-likeness (QED) is 0.294. The minimum atomic E-state index is 0. The average Bonchev–Trinajstić information content (AvgIpc) is 2.45. The van der Waals surface area contributed by atoms with Crippen molar-refractivity contribution < 1.29 is 0 Å². The van der Waals surface area contributed by atoms with Crippen molar-refractivity contribution in [2.45, 2.75) is 52.0 Å². The van der Waals surface area contributed by atoms with Crippen molar-refractivity contribution in [2.24, 2.45) is 10.7 Å². The number of nitrogens with one attached hydrogen (secondary N) is 1. The summed E-state index contributed by atoms with van der Waals surface area (Å²) in [6.45, 7) is 3.68. The maximum atomic E-state index is 5.80. The lowest BCUT2D eigenvalue weighted by Crippen LogP contribution is -2.32. The largest absolute Gasteiger partial charge is 0.370 e. The molecular formula is C15H27IN4. The number of nitrogens with two attached hydrogens (primary N) is 1. The Morgan fingerprint density at radius 1 is 1.20 bits per heavy atom. The van der Waals surface area contributed by atoms with Crippen molar-refractivity contribution >= 4 is 29.9 Å². The minimum absolute atomic E-state index is 0. The van der Waals surface area contributed by atoms with Gasteiger partial charge in [0.05, 0.1) is 12.2 Å². The van der Waals surface area contributed by atoms with E-state index in [1.165, 1.54) is 32.1 Å². The first-order valence-electron chi connectivity index (χ1n) is 7.26. The molecule has 0 saturated carbocycles. The van der Waals surface area contributed by atoms with Crippen LogP contribution >= 0.6 is 24.0 Å². The first-order chi connectivity index (χ1) is 9.33. The fraction of sp³-hybridized carbons (Fsp3) is 0.600. The molecule has 1 rings (SSSR count). The highest BCUT2D eigenvalue weighted by Crippen LogP contribution is 2.03. The zero-order chi connectivity index (χ0) is 13.8. The number of hydrogen-bond donors (Lipinski definition) is 2. The Labute approximate surface area is 139 Å². The Morgan fingerprint density at radius 2 is 1.95 bits per heavy atom. The Bertz CT molecular complexity index is 354. The van der Waals surface area contributed by atoms with Gasteiger partial charge >= 0.3 is 0 Å². The summed E-state index contributed by atoms with van der Waals surface area (Å²) in [6.07, 6.45) is 9.50. The van der Waals surface area contributed by atoms with Crippen LogP contribution in [0.2, 0.25) is 0 Å². The summed E-state index contributed by atoms with van der Waals surface area (Å²) in [5.41, 5.74) is 6.73. The van der Waals surface area contributed by atoms with Gasteiger partial charge in [-0.25, -0.2) is 4.99 Å². The monoisotopic (exact) mass is 390 g/mol. The van der Waals surface area contributed by atoms with E-state index in [-0.39, 0.29) is 24.0 Å². The Hall–Kier alpha value is -0.850. The number of nitrogens with zero attached hydrogens (tertiary/aromatic N) is 2. The summed E-state index contributed by atoms with van der Waals surface area (Å²) < 4.78 is 0. The van der Waals surface area contributed by atoms with E-state index < -0.39 is 0 Å². The second-order valence-corrected chi connectivity index (χ2v) is 4.72. The van der Waals surface area contributed by atoms with Gasteiger partial charge in [-0.15, -0.1) is 24.0 Å². The van der Waals surface area contributed by atoms with Crippen LogP contribution in [0.25, 0.3) is 0 Å². The second kappa shape index (κ2) is 13.1. The summed E-state index contributed by atoms with van der Waals surface area (Å²) in [6, 6.07) is 5.80. The van der Waals surface area contributed by atoms with Crippen LogP contribution in [0.1, 0.15) is 51.1 Å². The Morgan fingerprint density at radius 3 is 2.65 bits per heavy atom. The molecule has 20 heavy (non-hydrogen) atoms. The van der Waals surface area contributed by atoms with Crippen molar-refractivity contribution in [1.82, 2.24) is 10.3 Å². The lowest BCUT2D eigenvalue weighted by molar-refractivity contribution is 0.601. The van der Waals surface area contributed by atoms with Crippen LogP contribution in [0.4, 0.5) is 0 Å². The molecule has 0 radical (unpaired) electrons. The van der Waals surface area contributed by atoms with Crippen molar-refractivity contribution in [1.29, 1.82) is 0 Å². The normalized spacial score (nSPS) is 10.9. The smallest absolute Gasteiger partial charge is 0.188 e. The standard InChI is InChI=1S/C15H26N4.HI/c1-2-3-4-5-6-8-12-18-15(16)19-13-14-10-7-9-11-17-14;/h7,9-11H,2-6,8,12-13H2,1H3,(H3,16,18,19);1H. The minimum Gasteiger partial charge on any atom is -0.370 e. The summed E-state index contributed by atoms with van der Waals surface area (Å²) in [4.78, 5) is 8.46. The summed E-state index contributed by atoms with van der Waals surface area (Å²) >= 11 is 0. The molecule has 5 heteroatoms. The van der Waals surface area contributed by atoms with Gasteiger partial charge in [0, 0.05) is 12.7 Å². The Balaban J connectivity index is 0.00000361. The molecule has 0 bridgehead atoms. The summed E-state index contributed by atoms with van der Waals surface area (Å²) in [7, 11) is 0. The number of aromatic nitrogens is 1. The lowest BCUT2D eigenvalue weighted by Gasteiger charge is -2.05. The van der Waals surface area contributed by atoms with Crippen LogP contribution in [0.3, 0.4) is 0 Å². The number of rotatable bonds is 9. The highest BCUT2D eigenvalue weighted by molar-refractivity contribution is 14.0. The second-order valence-electron chi connectivity index (χ2n) is 4.72. The van der Waals surface area contributed by atoms with E-state index >= 15 is 0 Å². The van der Waals surface area contributed by atoms with E-state index in [2.05, 4.69) is 22.2 Å². The van der Waals surface area contributed by atoms with Gasteiger partial charge in [0.2, 0.25) is 0 Å². The molecule has 0 unspecified atom stereocenters. The van der Waals surface area contributed by atoms with Crippen molar-refractivity contribution in [2.75, 3.05) is 6.54 Å². The number of pyridine rings is 1. The van der Waals surface area contributed by atoms with Crippen LogP contribution < -0.4 is 11.1 Å². The fourth-order valence-electron chi connectivity index (χ4n) is 1.84. The molecule has 3 N–H and O–H groups in total. The third-order valence-corrected chi connectivity index (χ3v) is 2.97. The van der Waals surface area contributed by atoms with E-state index in [0.717, 1.165) is 18.7 Å². The van der Waals surface area contributed by atoms with Crippen LogP contribution in [-0.2, 0) is 6.54 Å². The van der Waals surface area contributed by atoms with Gasteiger partial charge in [-0.1, -0.05) is 45.1 Å². The molecular weight excluding hydrogens is 363 g/mol. The number of unbranched alkanes of at least 4 members (excludes halogenated alkanes) is 5. The number of guanidine groups is 1. The van der Waals surface area contributed by atoms with E-state index in [0.29, 0.717) is 12.5 Å². The molecule has 0 aromatic carbocycles. The SMILES string of the molecule is CCCCCCCCNC(N)=NCc1ccccn1.I. The third kappa shape index (κ3) is 10.00. The molecule has 0 aliphatic rings. The average molecular weight is 390 g/mol. The molecule has 114 valence electrons. The molecule has 0 aliphatic carbocycles. The van der Waals surface area contributed by atoms with Crippen LogP contribution in [0.15, 0.2) is 29.4 Å². The summed E-state index contributed by atoms with van der Waals surface area (Å²) in [5.74, 6) is 0.513. The maximum Gasteiger partial charge on any atom is 0.188 e. The van der Waals surface area contributed by atoms with Crippen molar-refractivity contribution in [3.8, 4) is 0 Å². The van der Waals surface area contributed by atoms with Gasteiger partial charge in [0.25, 0.3) is 0 Å². The van der Waals surface area contributed by atoms with E-state index in [4.69, 9.17) is 5.73 Å². The molecule has 1 heterocycles. The zero-order valence-electron chi connectivity index (χ0n) is 12.3. The maximum absolute atomic E-state index is 5.80. The highest BCUT2D eigenvalue weighted by atomic mass is 127. The fourth-order valence-corrected chi connectivity index (χ4v) is 1.84. The van der Waals surface area contributed by atoms with Gasteiger partial charge < -0.3 is 11.1 Å². The van der Waals surface area contributed by atoms with E-state index in [1.807, 2.05) is 18.2 Å². The summed E-state index contributed by atoms with van der Waals surface area (Å²) in [5, 5.41) is 3.14.